The predicted molar refractivity (Wildman–Crippen MR) is 97.4 cm³/mol. The molecule has 1 unspecified atom stereocenters. The van der Waals surface area contributed by atoms with Crippen molar-refractivity contribution in [3.8, 4) is 0 Å². The number of rotatable bonds is 14. The number of carboxylic acid groups (broad SMARTS) is 1. The molecule has 0 aliphatic heterocycles. The molecule has 0 aliphatic carbocycles. The van der Waals surface area contributed by atoms with E-state index in [-0.39, 0.29) is 6.42 Å². The van der Waals surface area contributed by atoms with Crippen molar-refractivity contribution in [1.82, 2.24) is 0 Å². The number of allylic oxidation sites excluding steroid dienone is 6. The van der Waals surface area contributed by atoms with Gasteiger partial charge < -0.3 is 10.2 Å². The molecule has 3 heteroatoms. The molecule has 0 radical (unpaired) electrons. The Balaban J connectivity index is 3.63. The van der Waals surface area contributed by atoms with Crippen molar-refractivity contribution in [3.05, 3.63) is 48.6 Å². The Morgan fingerprint density at radius 3 is 1.96 bits per heavy atom. The average molecular weight is 320 g/mol. The number of hydrogen-bond donors (Lipinski definition) is 2. The van der Waals surface area contributed by atoms with Crippen molar-refractivity contribution in [3.63, 3.8) is 0 Å². The van der Waals surface area contributed by atoms with Crippen LogP contribution >= 0.6 is 0 Å². The summed E-state index contributed by atoms with van der Waals surface area (Å²) >= 11 is 0. The van der Waals surface area contributed by atoms with Crippen LogP contribution in [0.5, 0.6) is 0 Å². The van der Waals surface area contributed by atoms with E-state index in [0.717, 1.165) is 25.7 Å². The van der Waals surface area contributed by atoms with E-state index >= 15 is 0 Å². The lowest BCUT2D eigenvalue weighted by Crippen LogP contribution is -1.95. The monoisotopic (exact) mass is 320 g/mol. The van der Waals surface area contributed by atoms with Crippen LogP contribution in [0.25, 0.3) is 0 Å². The van der Waals surface area contributed by atoms with Crippen LogP contribution < -0.4 is 0 Å². The summed E-state index contributed by atoms with van der Waals surface area (Å²) in [6.45, 7) is 2.20. The number of aliphatic carboxylic acids is 1. The molecule has 0 saturated carbocycles. The SMILES string of the molecule is CCCCC/C=C\C/C=C\C(O)/C=C\C/C=C\CCCC(=O)O. The van der Waals surface area contributed by atoms with Crippen molar-refractivity contribution in [2.75, 3.05) is 0 Å². The fourth-order valence-corrected chi connectivity index (χ4v) is 1.97. The molecule has 2 N–H and O–H groups in total. The van der Waals surface area contributed by atoms with E-state index in [1.165, 1.54) is 19.3 Å². The van der Waals surface area contributed by atoms with E-state index in [2.05, 4.69) is 19.1 Å². The quantitative estimate of drug-likeness (QED) is 0.342. The maximum absolute atomic E-state index is 10.3. The van der Waals surface area contributed by atoms with Crippen LogP contribution in [0.2, 0.25) is 0 Å². The zero-order valence-corrected chi connectivity index (χ0v) is 14.4. The van der Waals surface area contributed by atoms with Crippen LogP contribution in [0.3, 0.4) is 0 Å². The Morgan fingerprint density at radius 1 is 0.870 bits per heavy atom. The largest absolute Gasteiger partial charge is 0.481 e. The van der Waals surface area contributed by atoms with Crippen LogP contribution in [0, 0.1) is 0 Å². The maximum atomic E-state index is 10.3. The molecule has 0 amide bonds. The average Bonchev–Trinajstić information content (AvgIpc) is 2.52. The number of hydrogen-bond acceptors (Lipinski definition) is 2. The molecule has 23 heavy (non-hydrogen) atoms. The van der Waals surface area contributed by atoms with Gasteiger partial charge in [0.15, 0.2) is 0 Å². The molecular formula is C20H32O3. The maximum Gasteiger partial charge on any atom is 0.303 e. The van der Waals surface area contributed by atoms with Gasteiger partial charge in [0.25, 0.3) is 0 Å². The first-order valence-electron chi connectivity index (χ1n) is 8.70. The minimum absolute atomic E-state index is 0.219. The fourth-order valence-electron chi connectivity index (χ4n) is 1.97. The smallest absolute Gasteiger partial charge is 0.303 e. The molecule has 0 spiro atoms. The first-order chi connectivity index (χ1) is 11.2. The molecule has 0 saturated heterocycles. The van der Waals surface area contributed by atoms with Crippen LogP contribution in [0.4, 0.5) is 0 Å². The summed E-state index contributed by atoms with van der Waals surface area (Å²) in [6.07, 6.45) is 23.5. The van der Waals surface area contributed by atoms with Crippen LogP contribution in [0.1, 0.15) is 64.7 Å². The number of carboxylic acids is 1. The standard InChI is InChI=1S/C20H32O3/c1-2-3-4-5-6-7-10-13-16-19(21)17-14-11-8-9-12-15-18-20(22)23/h6-9,13-14,16-17,19,21H,2-5,10-12,15,18H2,1H3,(H,22,23)/b7-6-,9-8-,16-13-,17-14-. The highest BCUT2D eigenvalue weighted by atomic mass is 16.4. The topological polar surface area (TPSA) is 57.5 Å². The molecule has 0 aromatic carbocycles. The molecule has 0 aromatic rings. The van der Waals surface area contributed by atoms with Crippen LogP contribution in [-0.4, -0.2) is 22.3 Å². The summed E-state index contributed by atoms with van der Waals surface area (Å²) in [5.41, 5.74) is 0. The van der Waals surface area contributed by atoms with Gasteiger partial charge in [0, 0.05) is 6.42 Å². The summed E-state index contributed by atoms with van der Waals surface area (Å²) in [6, 6.07) is 0. The van der Waals surface area contributed by atoms with Crippen LogP contribution in [-0.2, 0) is 4.79 Å². The van der Waals surface area contributed by atoms with E-state index in [4.69, 9.17) is 5.11 Å². The van der Waals surface area contributed by atoms with Crippen molar-refractivity contribution in [2.45, 2.75) is 70.8 Å². The predicted octanol–water partition coefficient (Wildman–Crippen LogP) is 5.19. The number of carbonyl (C=O) groups is 1. The lowest BCUT2D eigenvalue weighted by molar-refractivity contribution is -0.137. The van der Waals surface area contributed by atoms with Crippen molar-refractivity contribution >= 4 is 5.97 Å². The van der Waals surface area contributed by atoms with Crippen LogP contribution in [0.15, 0.2) is 48.6 Å². The molecular weight excluding hydrogens is 288 g/mol. The number of aliphatic hydroxyl groups is 1. The van der Waals surface area contributed by atoms with E-state index in [1.54, 1.807) is 12.2 Å². The summed E-state index contributed by atoms with van der Waals surface area (Å²) in [4.78, 5) is 10.3. The van der Waals surface area contributed by atoms with Gasteiger partial charge in [0.2, 0.25) is 0 Å². The van der Waals surface area contributed by atoms with Crippen molar-refractivity contribution in [1.29, 1.82) is 0 Å². The molecule has 130 valence electrons. The fraction of sp³-hybridized carbons (Fsp3) is 0.550. The molecule has 1 atom stereocenters. The summed E-state index contributed by atoms with van der Waals surface area (Å²) in [5, 5.41) is 18.2. The highest BCUT2D eigenvalue weighted by molar-refractivity contribution is 5.66. The van der Waals surface area contributed by atoms with Gasteiger partial charge in [0.05, 0.1) is 6.10 Å². The third kappa shape index (κ3) is 18.3. The van der Waals surface area contributed by atoms with Gasteiger partial charge in [-0.25, -0.2) is 0 Å². The van der Waals surface area contributed by atoms with Gasteiger partial charge in [-0.3, -0.25) is 4.79 Å². The van der Waals surface area contributed by atoms with Crippen molar-refractivity contribution in [2.24, 2.45) is 0 Å². The second-order valence-corrected chi connectivity index (χ2v) is 5.54. The van der Waals surface area contributed by atoms with E-state index in [0.29, 0.717) is 6.42 Å². The Bertz CT molecular complexity index is 392. The van der Waals surface area contributed by atoms with E-state index in [1.807, 2.05) is 24.3 Å². The summed E-state index contributed by atoms with van der Waals surface area (Å²) in [7, 11) is 0. The lowest BCUT2D eigenvalue weighted by Gasteiger charge is -1.96. The minimum atomic E-state index is -0.746. The summed E-state index contributed by atoms with van der Waals surface area (Å²) < 4.78 is 0. The van der Waals surface area contributed by atoms with Gasteiger partial charge in [-0.15, -0.1) is 0 Å². The highest BCUT2D eigenvalue weighted by Gasteiger charge is 1.93. The molecule has 0 fully saturated rings. The van der Waals surface area contributed by atoms with Gasteiger partial charge in [0.1, 0.15) is 0 Å². The Kier molecular flexibility index (Phi) is 15.6. The highest BCUT2D eigenvalue weighted by Crippen LogP contribution is 2.01. The van der Waals surface area contributed by atoms with E-state index in [9.17, 15) is 9.90 Å². The third-order valence-corrected chi connectivity index (χ3v) is 3.28. The first kappa shape index (κ1) is 21.4. The van der Waals surface area contributed by atoms with Gasteiger partial charge in [-0.2, -0.15) is 0 Å². The summed E-state index contributed by atoms with van der Waals surface area (Å²) in [5.74, 6) is -0.746. The Labute approximate surface area is 141 Å². The number of unbranched alkanes of at least 4 members (excludes halogenated alkanes) is 4. The Hall–Kier alpha value is -1.61. The molecule has 0 aromatic heterocycles. The molecule has 3 nitrogen and oxygen atoms in total. The third-order valence-electron chi connectivity index (χ3n) is 3.28. The minimum Gasteiger partial charge on any atom is -0.481 e. The molecule has 0 bridgehead atoms. The van der Waals surface area contributed by atoms with Gasteiger partial charge >= 0.3 is 5.97 Å². The van der Waals surface area contributed by atoms with Gasteiger partial charge in [-0.1, -0.05) is 68.4 Å². The number of aliphatic hydroxyl groups excluding tert-OH is 1. The normalized spacial score (nSPS) is 13.8. The molecule has 0 heterocycles. The first-order valence-corrected chi connectivity index (χ1v) is 8.70. The zero-order chi connectivity index (χ0) is 17.2. The van der Waals surface area contributed by atoms with E-state index < -0.39 is 12.1 Å². The molecule has 0 rings (SSSR count). The Morgan fingerprint density at radius 2 is 1.43 bits per heavy atom. The lowest BCUT2D eigenvalue weighted by atomic mass is 10.2. The second-order valence-electron chi connectivity index (χ2n) is 5.54. The van der Waals surface area contributed by atoms with Gasteiger partial charge in [-0.05, 0) is 38.5 Å². The van der Waals surface area contributed by atoms with Crippen molar-refractivity contribution < 1.29 is 15.0 Å². The second kappa shape index (κ2) is 16.8. The molecule has 0 aliphatic rings. The zero-order valence-electron chi connectivity index (χ0n) is 14.4.